The maximum atomic E-state index is 2.33. The van der Waals surface area contributed by atoms with Crippen LogP contribution in [0.25, 0.3) is 0 Å². The van der Waals surface area contributed by atoms with E-state index in [1.54, 1.807) is 13.3 Å². The van der Waals surface area contributed by atoms with E-state index in [4.69, 9.17) is 0 Å². The Balaban J connectivity index is 0. The number of rotatable bonds is 6. The van der Waals surface area contributed by atoms with Crippen LogP contribution in [0, 0.1) is 0 Å². The Morgan fingerprint density at radius 1 is 0.727 bits per heavy atom. The molecule has 0 fully saturated rings. The third-order valence-electron chi connectivity index (χ3n) is 1.37. The molecule has 0 bridgehead atoms. The zero-order chi connectivity index (χ0) is 7.82. The molecule has 2 heteroatoms. The minimum Gasteiger partial charge on any atom is -0.0149 e. The van der Waals surface area contributed by atoms with Gasteiger partial charge in [0.05, 0.1) is 0 Å². The molecule has 0 aliphatic carbocycles. The summed E-state index contributed by atoms with van der Waals surface area (Å²) in [5.41, 5.74) is 0. The molecule has 0 aromatic heterocycles. The SMILES string of the molecule is CCCI(CCC)CCC.[SiH4]. The fraction of sp³-hybridized carbons (Fsp3) is 1.00. The molecule has 0 N–H and O–H groups in total. The molecule has 0 radical (unpaired) electrons. The molecule has 0 amide bonds. The van der Waals surface area contributed by atoms with E-state index >= 15 is 0 Å². The predicted octanol–water partition coefficient (Wildman–Crippen LogP) is 2.27. The third kappa shape index (κ3) is 8.86. The van der Waals surface area contributed by atoms with Crippen molar-refractivity contribution in [2.24, 2.45) is 0 Å². The van der Waals surface area contributed by atoms with Crippen LogP contribution in [0.4, 0.5) is 0 Å². The van der Waals surface area contributed by atoms with E-state index in [2.05, 4.69) is 20.8 Å². The first-order valence-corrected chi connectivity index (χ1v) is 9.00. The Labute approximate surface area is 83.9 Å². The first-order chi connectivity index (χ1) is 4.85. The monoisotopic (exact) mass is 288 g/mol. The summed E-state index contributed by atoms with van der Waals surface area (Å²) in [6.45, 7) is 6.99. The Kier molecular flexibility index (Phi) is 14.4. The second kappa shape index (κ2) is 10.9. The van der Waals surface area contributed by atoms with E-state index in [1.807, 2.05) is 0 Å². The van der Waals surface area contributed by atoms with Crippen molar-refractivity contribution in [3.05, 3.63) is 0 Å². The summed E-state index contributed by atoms with van der Waals surface area (Å²) in [5, 5.41) is 0. The molecule has 0 aliphatic rings. The smallest absolute Gasteiger partial charge is 0.0149 e. The molecule has 0 nitrogen and oxygen atoms in total. The van der Waals surface area contributed by atoms with E-state index in [1.165, 1.54) is 19.3 Å². The van der Waals surface area contributed by atoms with Gasteiger partial charge < -0.3 is 0 Å². The van der Waals surface area contributed by atoms with Crippen molar-refractivity contribution in [2.75, 3.05) is 13.3 Å². The minimum absolute atomic E-state index is 0. The average Bonchev–Trinajstić information content (AvgIpc) is 1.90. The molecule has 0 aromatic carbocycles. The predicted molar refractivity (Wildman–Crippen MR) is 70.8 cm³/mol. The molecule has 0 spiro atoms. The van der Waals surface area contributed by atoms with Crippen molar-refractivity contribution in [3.8, 4) is 0 Å². The van der Waals surface area contributed by atoms with E-state index in [9.17, 15) is 0 Å². The zero-order valence-corrected chi connectivity index (χ0v) is 9.78. The van der Waals surface area contributed by atoms with Gasteiger partial charge in [-0.25, -0.2) is 0 Å². The average molecular weight is 288 g/mol. The molecular weight excluding hydrogens is 263 g/mol. The number of halogens is 1. The maximum Gasteiger partial charge on any atom is -0.0149 e. The fourth-order valence-electron chi connectivity index (χ4n) is 1.09. The third-order valence-corrected chi connectivity index (χ3v) is 9.18. The zero-order valence-electron chi connectivity index (χ0n) is 7.62. The van der Waals surface area contributed by atoms with Crippen molar-refractivity contribution in [2.45, 2.75) is 40.0 Å². The summed E-state index contributed by atoms with van der Waals surface area (Å²) >= 11 is -0.395. The van der Waals surface area contributed by atoms with Crippen LogP contribution in [-0.2, 0) is 0 Å². The fourth-order valence-corrected chi connectivity index (χ4v) is 7.28. The van der Waals surface area contributed by atoms with Crippen LogP contribution in [0.15, 0.2) is 0 Å². The summed E-state index contributed by atoms with van der Waals surface area (Å²) in [6.07, 6.45) is 4.31. The van der Waals surface area contributed by atoms with Crippen LogP contribution in [-0.4, -0.2) is 24.2 Å². The molecule has 0 unspecified atom stereocenters. The van der Waals surface area contributed by atoms with Crippen molar-refractivity contribution >= 4 is 30.8 Å². The van der Waals surface area contributed by atoms with E-state index in [0.29, 0.717) is 0 Å². The second-order valence-corrected chi connectivity index (χ2v) is 9.11. The molecule has 11 heavy (non-hydrogen) atoms. The van der Waals surface area contributed by atoms with Gasteiger partial charge in [0.25, 0.3) is 0 Å². The van der Waals surface area contributed by atoms with Crippen LogP contribution in [0.2, 0.25) is 0 Å². The van der Waals surface area contributed by atoms with Gasteiger partial charge in [0.2, 0.25) is 0 Å². The van der Waals surface area contributed by atoms with Crippen LogP contribution >= 0.6 is 19.8 Å². The van der Waals surface area contributed by atoms with Crippen molar-refractivity contribution in [3.63, 3.8) is 0 Å². The number of alkyl halides is 3. The Bertz CT molecular complexity index is 52.3. The summed E-state index contributed by atoms with van der Waals surface area (Å²) in [4.78, 5) is 0. The molecule has 72 valence electrons. The standard InChI is InChI=1S/C9H21I.H4Si/c1-4-7-10(8-5-2)9-6-3;/h4-9H2,1-3H3;1H4. The van der Waals surface area contributed by atoms with Crippen molar-refractivity contribution in [1.29, 1.82) is 0 Å². The normalized spacial score (nSPS) is 10.6. The van der Waals surface area contributed by atoms with Gasteiger partial charge in [-0.1, -0.05) is 0 Å². The topological polar surface area (TPSA) is 0 Å². The van der Waals surface area contributed by atoms with Crippen LogP contribution in [0.5, 0.6) is 0 Å². The van der Waals surface area contributed by atoms with E-state index in [-0.39, 0.29) is 11.0 Å². The molecule has 0 aromatic rings. The van der Waals surface area contributed by atoms with Gasteiger partial charge in [0, 0.05) is 0 Å². The van der Waals surface area contributed by atoms with E-state index < -0.39 is 19.8 Å². The molecule has 0 rings (SSSR count). The van der Waals surface area contributed by atoms with Crippen LogP contribution < -0.4 is 0 Å². The largest absolute Gasteiger partial charge is 0.0149 e. The molecule has 0 atom stereocenters. The van der Waals surface area contributed by atoms with Gasteiger partial charge in [0.15, 0.2) is 0 Å². The summed E-state index contributed by atoms with van der Waals surface area (Å²) in [5.74, 6) is 0. The summed E-state index contributed by atoms with van der Waals surface area (Å²) < 4.78 is 4.81. The quantitative estimate of drug-likeness (QED) is 0.399. The maximum absolute atomic E-state index is 2.33. The van der Waals surface area contributed by atoms with Gasteiger partial charge in [-0.3, -0.25) is 0 Å². The van der Waals surface area contributed by atoms with Crippen molar-refractivity contribution in [1.82, 2.24) is 0 Å². The van der Waals surface area contributed by atoms with Gasteiger partial charge >= 0.3 is 73.1 Å². The molecule has 0 heterocycles. The molecule has 0 aliphatic heterocycles. The van der Waals surface area contributed by atoms with Gasteiger partial charge in [-0.2, -0.15) is 0 Å². The first kappa shape index (κ1) is 14.5. The van der Waals surface area contributed by atoms with Crippen LogP contribution in [0.1, 0.15) is 40.0 Å². The Hall–Kier alpha value is 0.947. The van der Waals surface area contributed by atoms with Crippen LogP contribution in [0.3, 0.4) is 0 Å². The second-order valence-electron chi connectivity index (χ2n) is 2.63. The summed E-state index contributed by atoms with van der Waals surface area (Å²) in [7, 11) is 0. The molecule has 0 saturated carbocycles. The number of hydrogen-bond acceptors (Lipinski definition) is 0. The molecular formula is C9H25ISi. The van der Waals surface area contributed by atoms with E-state index in [0.717, 1.165) is 0 Å². The summed E-state index contributed by atoms with van der Waals surface area (Å²) in [6, 6.07) is 0. The minimum atomic E-state index is -0.395. The molecule has 0 saturated heterocycles. The van der Waals surface area contributed by atoms with Gasteiger partial charge in [-0.05, 0) is 11.0 Å². The van der Waals surface area contributed by atoms with Gasteiger partial charge in [-0.15, -0.1) is 0 Å². The Morgan fingerprint density at radius 2 is 1.00 bits per heavy atom. The number of hydrogen-bond donors (Lipinski definition) is 0. The van der Waals surface area contributed by atoms with Gasteiger partial charge in [0.1, 0.15) is 0 Å². The Morgan fingerprint density at radius 3 is 1.18 bits per heavy atom. The van der Waals surface area contributed by atoms with Crippen molar-refractivity contribution < 1.29 is 0 Å². The first-order valence-electron chi connectivity index (χ1n) is 4.42.